The first-order valence-corrected chi connectivity index (χ1v) is 7.37. The Morgan fingerprint density at radius 3 is 2.71 bits per heavy atom. The lowest BCUT2D eigenvalue weighted by Gasteiger charge is -2.28. The number of hydrogen-bond acceptors (Lipinski definition) is 3. The highest BCUT2D eigenvalue weighted by Crippen LogP contribution is 2.27. The van der Waals surface area contributed by atoms with Crippen LogP contribution in [0.2, 0.25) is 5.02 Å². The Morgan fingerprint density at radius 2 is 2.14 bits per heavy atom. The average molecular weight is 310 g/mol. The first kappa shape index (κ1) is 15.8. The van der Waals surface area contributed by atoms with Crippen LogP contribution in [0.4, 0.5) is 0 Å². The van der Waals surface area contributed by atoms with Gasteiger partial charge in [0.1, 0.15) is 5.54 Å². The van der Waals surface area contributed by atoms with Gasteiger partial charge in [0.05, 0.1) is 6.54 Å². The SMILES string of the molecule is CC(NC(=O)CNCC1CC1)(C(N)=O)c1cccc(Cl)c1. The van der Waals surface area contributed by atoms with Gasteiger partial charge in [0.2, 0.25) is 11.8 Å². The van der Waals surface area contributed by atoms with Crippen LogP contribution < -0.4 is 16.4 Å². The van der Waals surface area contributed by atoms with E-state index in [1.807, 2.05) is 0 Å². The fourth-order valence-corrected chi connectivity index (χ4v) is 2.30. The van der Waals surface area contributed by atoms with Crippen LogP contribution in [0.5, 0.6) is 0 Å². The van der Waals surface area contributed by atoms with Crippen molar-refractivity contribution in [2.45, 2.75) is 25.3 Å². The third kappa shape index (κ3) is 4.19. The van der Waals surface area contributed by atoms with Crippen LogP contribution in [0.15, 0.2) is 24.3 Å². The van der Waals surface area contributed by atoms with Crippen LogP contribution in [-0.4, -0.2) is 24.9 Å². The van der Waals surface area contributed by atoms with Gasteiger partial charge < -0.3 is 16.4 Å². The van der Waals surface area contributed by atoms with E-state index in [-0.39, 0.29) is 12.5 Å². The van der Waals surface area contributed by atoms with Crippen molar-refractivity contribution in [1.29, 1.82) is 0 Å². The highest BCUT2D eigenvalue weighted by Gasteiger charge is 2.35. The van der Waals surface area contributed by atoms with Crippen LogP contribution in [0.1, 0.15) is 25.3 Å². The normalized spacial score (nSPS) is 17.0. The van der Waals surface area contributed by atoms with Crippen molar-refractivity contribution < 1.29 is 9.59 Å². The molecular formula is C15H20ClN3O2. The lowest BCUT2D eigenvalue weighted by atomic mass is 9.91. The Hall–Kier alpha value is -1.59. The molecule has 2 amide bonds. The van der Waals surface area contributed by atoms with Gasteiger partial charge in [0.25, 0.3) is 0 Å². The standard InChI is InChI=1S/C15H20ClN3O2/c1-15(14(17)21,11-3-2-4-12(16)7-11)19-13(20)9-18-8-10-5-6-10/h2-4,7,10,18H,5-6,8-9H2,1H3,(H2,17,21)(H,19,20). The molecule has 2 rings (SSSR count). The van der Waals surface area contributed by atoms with Crippen molar-refractivity contribution in [3.8, 4) is 0 Å². The second kappa shape index (κ2) is 6.45. The van der Waals surface area contributed by atoms with Gasteiger partial charge in [-0.15, -0.1) is 0 Å². The van der Waals surface area contributed by atoms with Crippen molar-refractivity contribution in [3.05, 3.63) is 34.9 Å². The van der Waals surface area contributed by atoms with E-state index >= 15 is 0 Å². The van der Waals surface area contributed by atoms with E-state index in [2.05, 4.69) is 10.6 Å². The molecule has 114 valence electrons. The smallest absolute Gasteiger partial charge is 0.247 e. The van der Waals surface area contributed by atoms with Gasteiger partial charge in [-0.2, -0.15) is 0 Å². The maximum Gasteiger partial charge on any atom is 0.247 e. The number of benzene rings is 1. The number of rotatable bonds is 7. The number of primary amides is 1. The fraction of sp³-hybridized carbons (Fsp3) is 0.467. The summed E-state index contributed by atoms with van der Waals surface area (Å²) >= 11 is 5.94. The molecular weight excluding hydrogens is 290 g/mol. The summed E-state index contributed by atoms with van der Waals surface area (Å²) in [5.74, 6) is -0.203. The summed E-state index contributed by atoms with van der Waals surface area (Å²) in [5, 5.41) is 6.26. The molecule has 1 fully saturated rings. The molecule has 0 aliphatic heterocycles. The molecule has 1 aliphatic rings. The third-order valence-corrected chi connectivity index (χ3v) is 3.93. The fourth-order valence-electron chi connectivity index (χ4n) is 2.11. The summed E-state index contributed by atoms with van der Waals surface area (Å²) in [6.07, 6.45) is 2.44. The minimum Gasteiger partial charge on any atom is -0.367 e. The molecule has 1 aromatic carbocycles. The molecule has 0 aromatic heterocycles. The molecule has 4 N–H and O–H groups in total. The third-order valence-electron chi connectivity index (χ3n) is 3.70. The van der Waals surface area contributed by atoms with Crippen LogP contribution in [0.25, 0.3) is 0 Å². The van der Waals surface area contributed by atoms with Gasteiger partial charge in [0.15, 0.2) is 0 Å². The summed E-state index contributed by atoms with van der Waals surface area (Å²) < 4.78 is 0. The molecule has 1 saturated carbocycles. The number of halogens is 1. The molecule has 0 bridgehead atoms. The van der Waals surface area contributed by atoms with Crippen molar-refractivity contribution in [3.63, 3.8) is 0 Å². The number of carbonyl (C=O) groups is 2. The summed E-state index contributed by atoms with van der Waals surface area (Å²) in [7, 11) is 0. The molecule has 1 atom stereocenters. The molecule has 1 aromatic rings. The Morgan fingerprint density at radius 1 is 1.43 bits per heavy atom. The second-order valence-electron chi connectivity index (χ2n) is 5.62. The molecule has 6 heteroatoms. The second-order valence-corrected chi connectivity index (χ2v) is 6.06. The first-order valence-electron chi connectivity index (χ1n) is 6.99. The molecule has 1 aliphatic carbocycles. The Kier molecular flexibility index (Phi) is 4.85. The summed E-state index contributed by atoms with van der Waals surface area (Å²) in [6, 6.07) is 6.76. The molecule has 21 heavy (non-hydrogen) atoms. The Bertz CT molecular complexity index is 545. The maximum absolute atomic E-state index is 12.0. The minimum absolute atomic E-state index is 0.167. The van der Waals surface area contributed by atoms with Crippen LogP contribution >= 0.6 is 11.6 Å². The predicted molar refractivity (Wildman–Crippen MR) is 81.7 cm³/mol. The van der Waals surface area contributed by atoms with E-state index in [4.69, 9.17) is 17.3 Å². The van der Waals surface area contributed by atoms with Crippen molar-refractivity contribution in [1.82, 2.24) is 10.6 Å². The number of nitrogens with one attached hydrogen (secondary N) is 2. The van der Waals surface area contributed by atoms with Crippen molar-refractivity contribution >= 4 is 23.4 Å². The van der Waals surface area contributed by atoms with Gasteiger partial charge >= 0.3 is 0 Å². The van der Waals surface area contributed by atoms with Gasteiger partial charge in [-0.1, -0.05) is 23.7 Å². The predicted octanol–water partition coefficient (Wildman–Crippen LogP) is 1.16. The topological polar surface area (TPSA) is 84.2 Å². The van der Waals surface area contributed by atoms with Crippen LogP contribution in [0.3, 0.4) is 0 Å². The molecule has 5 nitrogen and oxygen atoms in total. The molecule has 0 radical (unpaired) electrons. The van der Waals surface area contributed by atoms with E-state index in [0.29, 0.717) is 16.5 Å². The minimum atomic E-state index is -1.27. The number of hydrogen-bond donors (Lipinski definition) is 3. The van der Waals surface area contributed by atoms with Gasteiger partial charge in [-0.05, 0) is 49.9 Å². The zero-order chi connectivity index (χ0) is 15.5. The van der Waals surface area contributed by atoms with E-state index < -0.39 is 11.4 Å². The van der Waals surface area contributed by atoms with Gasteiger partial charge in [-0.3, -0.25) is 9.59 Å². The summed E-state index contributed by atoms with van der Waals surface area (Å²) in [4.78, 5) is 23.8. The monoisotopic (exact) mass is 309 g/mol. The van der Waals surface area contributed by atoms with E-state index in [1.54, 1.807) is 31.2 Å². The van der Waals surface area contributed by atoms with Crippen molar-refractivity contribution in [2.75, 3.05) is 13.1 Å². The Labute approximate surface area is 129 Å². The average Bonchev–Trinajstić information content (AvgIpc) is 3.22. The van der Waals surface area contributed by atoms with Gasteiger partial charge in [0, 0.05) is 5.02 Å². The van der Waals surface area contributed by atoms with E-state index in [0.717, 1.165) is 6.54 Å². The lowest BCUT2D eigenvalue weighted by Crippen LogP contribution is -2.54. The van der Waals surface area contributed by atoms with Crippen LogP contribution in [0, 0.1) is 5.92 Å². The first-order chi connectivity index (χ1) is 9.91. The largest absolute Gasteiger partial charge is 0.367 e. The number of amides is 2. The summed E-state index contributed by atoms with van der Waals surface area (Å²) in [6.45, 7) is 2.58. The lowest BCUT2D eigenvalue weighted by molar-refractivity contribution is -0.131. The quantitative estimate of drug-likeness (QED) is 0.706. The zero-order valence-corrected chi connectivity index (χ0v) is 12.7. The van der Waals surface area contributed by atoms with Gasteiger partial charge in [-0.25, -0.2) is 0 Å². The zero-order valence-electron chi connectivity index (χ0n) is 12.0. The van der Waals surface area contributed by atoms with E-state index in [1.165, 1.54) is 12.8 Å². The number of carbonyl (C=O) groups excluding carboxylic acids is 2. The maximum atomic E-state index is 12.0. The number of nitrogens with two attached hydrogens (primary N) is 1. The Balaban J connectivity index is 2.02. The molecule has 1 unspecified atom stereocenters. The van der Waals surface area contributed by atoms with E-state index in [9.17, 15) is 9.59 Å². The molecule has 0 saturated heterocycles. The molecule has 0 spiro atoms. The van der Waals surface area contributed by atoms with Crippen molar-refractivity contribution in [2.24, 2.45) is 11.7 Å². The summed E-state index contributed by atoms with van der Waals surface area (Å²) in [5.41, 5.74) is 4.76. The highest BCUT2D eigenvalue weighted by atomic mass is 35.5. The van der Waals surface area contributed by atoms with Crippen LogP contribution in [-0.2, 0) is 15.1 Å². The molecule has 0 heterocycles. The highest BCUT2D eigenvalue weighted by molar-refractivity contribution is 6.30.